The molecule has 178 valence electrons. The molecule has 0 atom stereocenters. The predicted molar refractivity (Wildman–Crippen MR) is 144 cm³/mol. The molecule has 0 bridgehead atoms. The number of para-hydroxylation sites is 4. The van der Waals surface area contributed by atoms with Gasteiger partial charge in [0.1, 0.15) is 34.6 Å². The molecule has 7 rings (SSSR count). The zero-order chi connectivity index (χ0) is 26.0. The van der Waals surface area contributed by atoms with E-state index in [-0.39, 0.29) is 11.4 Å². The number of nitrogens with zero attached hydrogens (tertiary/aromatic N) is 4. The minimum Gasteiger partial charge on any atom is -0.305 e. The molecule has 7 aromatic rings. The van der Waals surface area contributed by atoms with Gasteiger partial charge in [-0.25, -0.2) is 8.78 Å². The molecule has 6 heteroatoms. The maximum atomic E-state index is 16.6. The van der Waals surface area contributed by atoms with E-state index < -0.39 is 22.8 Å². The van der Waals surface area contributed by atoms with E-state index in [1.54, 1.807) is 48.5 Å². The second-order valence-corrected chi connectivity index (χ2v) is 9.04. The Labute approximate surface area is 215 Å². The van der Waals surface area contributed by atoms with E-state index in [9.17, 15) is 10.5 Å². The van der Waals surface area contributed by atoms with Gasteiger partial charge < -0.3 is 9.13 Å². The van der Waals surface area contributed by atoms with Crippen molar-refractivity contribution in [2.45, 2.75) is 0 Å². The van der Waals surface area contributed by atoms with Gasteiger partial charge in [-0.3, -0.25) is 0 Å². The number of benzene rings is 5. The topological polar surface area (TPSA) is 57.4 Å². The minimum atomic E-state index is -0.950. The van der Waals surface area contributed by atoms with Crippen LogP contribution in [0.2, 0.25) is 0 Å². The van der Waals surface area contributed by atoms with Gasteiger partial charge in [-0.1, -0.05) is 72.8 Å². The number of halogens is 2. The largest absolute Gasteiger partial charge is 0.305 e. The summed E-state index contributed by atoms with van der Waals surface area (Å²) in [7, 11) is 0. The number of nitriles is 2. The first kappa shape index (κ1) is 21.8. The normalized spacial score (nSPS) is 11.4. The molecule has 0 amide bonds. The second kappa shape index (κ2) is 8.03. The zero-order valence-corrected chi connectivity index (χ0v) is 19.8. The molecule has 0 N–H and O–H groups in total. The SMILES string of the molecule is N#Cc1c(F)c(-n2c3ccccc3c3ccccc32)c(C#N)c(F)c1-n1c2ccccc2c2ccccc21. The highest BCUT2D eigenvalue weighted by atomic mass is 19.1. The van der Waals surface area contributed by atoms with Crippen LogP contribution in [0.1, 0.15) is 11.1 Å². The molecule has 0 fully saturated rings. The van der Waals surface area contributed by atoms with Crippen LogP contribution in [0.15, 0.2) is 97.1 Å². The fourth-order valence-electron chi connectivity index (χ4n) is 5.62. The highest BCUT2D eigenvalue weighted by Gasteiger charge is 2.30. The fraction of sp³-hybridized carbons (Fsp3) is 0. The highest BCUT2D eigenvalue weighted by Crippen LogP contribution is 2.40. The maximum Gasteiger partial charge on any atom is 0.168 e. The van der Waals surface area contributed by atoms with E-state index in [0.717, 1.165) is 21.5 Å². The van der Waals surface area contributed by atoms with Crippen LogP contribution in [-0.2, 0) is 0 Å². The van der Waals surface area contributed by atoms with Crippen LogP contribution in [0.3, 0.4) is 0 Å². The molecule has 0 aliphatic rings. The first-order chi connectivity index (χ1) is 18.7. The molecule has 2 aromatic heterocycles. The lowest BCUT2D eigenvalue weighted by Gasteiger charge is -2.18. The molecule has 0 saturated heterocycles. The number of hydrogen-bond donors (Lipinski definition) is 0. The Balaban J connectivity index is 1.68. The summed E-state index contributed by atoms with van der Waals surface area (Å²) in [5, 5.41) is 23.8. The Morgan fingerprint density at radius 1 is 0.447 bits per heavy atom. The van der Waals surface area contributed by atoms with Gasteiger partial charge in [-0.05, 0) is 24.3 Å². The number of hydrogen-bond acceptors (Lipinski definition) is 2. The molecular formula is C32H16F2N4. The van der Waals surface area contributed by atoms with Crippen molar-refractivity contribution in [1.82, 2.24) is 9.13 Å². The highest BCUT2D eigenvalue weighted by molar-refractivity contribution is 6.10. The molecule has 38 heavy (non-hydrogen) atoms. The third kappa shape index (κ3) is 2.74. The Morgan fingerprint density at radius 2 is 0.711 bits per heavy atom. The Kier molecular flexibility index (Phi) is 4.60. The number of aromatic nitrogens is 2. The molecule has 4 nitrogen and oxygen atoms in total. The van der Waals surface area contributed by atoms with Crippen LogP contribution in [0, 0.1) is 34.3 Å². The standard InChI is InChI=1S/C32H16F2N4/c33-29-24(18-36)32(38-27-15-7-3-11-21(27)22-12-4-8-16-28(22)38)30(34)23(17-35)31(29)37-25-13-5-1-9-19(25)20-10-2-6-14-26(20)37/h1-16H. The average Bonchev–Trinajstić information content (AvgIpc) is 3.47. The van der Waals surface area contributed by atoms with Gasteiger partial charge in [0.15, 0.2) is 11.6 Å². The van der Waals surface area contributed by atoms with Crippen molar-refractivity contribution in [1.29, 1.82) is 10.5 Å². The van der Waals surface area contributed by atoms with Crippen molar-refractivity contribution in [3.05, 3.63) is 120 Å². The van der Waals surface area contributed by atoms with E-state index in [0.29, 0.717) is 22.1 Å². The van der Waals surface area contributed by atoms with Gasteiger partial charge in [0.25, 0.3) is 0 Å². The van der Waals surface area contributed by atoms with E-state index >= 15 is 8.78 Å². The maximum absolute atomic E-state index is 16.6. The van der Waals surface area contributed by atoms with Crippen LogP contribution in [-0.4, -0.2) is 9.13 Å². The molecule has 0 radical (unpaired) electrons. The Morgan fingerprint density at radius 3 is 0.974 bits per heavy atom. The summed E-state index contributed by atoms with van der Waals surface area (Å²) in [5.74, 6) is -1.90. The minimum absolute atomic E-state index is 0.275. The van der Waals surface area contributed by atoms with E-state index in [1.807, 2.05) is 60.7 Å². The van der Waals surface area contributed by atoms with Gasteiger partial charge in [-0.2, -0.15) is 10.5 Å². The first-order valence-corrected chi connectivity index (χ1v) is 12.0. The predicted octanol–water partition coefficient (Wildman–Crippen LogP) is 7.90. The lowest BCUT2D eigenvalue weighted by atomic mass is 10.0. The van der Waals surface area contributed by atoms with Crippen LogP contribution in [0.5, 0.6) is 0 Å². The van der Waals surface area contributed by atoms with Crippen LogP contribution >= 0.6 is 0 Å². The molecule has 0 aliphatic carbocycles. The number of rotatable bonds is 2. The van der Waals surface area contributed by atoms with Gasteiger partial charge in [0, 0.05) is 21.5 Å². The van der Waals surface area contributed by atoms with Crippen LogP contribution in [0.4, 0.5) is 8.78 Å². The summed E-state index contributed by atoms with van der Waals surface area (Å²) in [4.78, 5) is 0. The van der Waals surface area contributed by atoms with Gasteiger partial charge in [-0.15, -0.1) is 0 Å². The molecule has 0 unspecified atom stereocenters. The lowest BCUT2D eigenvalue weighted by Crippen LogP contribution is -2.12. The Bertz CT molecular complexity index is 1920. The van der Waals surface area contributed by atoms with Crippen LogP contribution in [0.25, 0.3) is 55.0 Å². The van der Waals surface area contributed by atoms with Gasteiger partial charge in [0.05, 0.1) is 22.1 Å². The van der Waals surface area contributed by atoms with Crippen molar-refractivity contribution in [2.75, 3.05) is 0 Å². The quantitative estimate of drug-likeness (QED) is 0.245. The molecular weight excluding hydrogens is 478 g/mol. The molecule has 5 aromatic carbocycles. The summed E-state index contributed by atoms with van der Waals surface area (Å²) in [6.45, 7) is 0. The van der Waals surface area contributed by atoms with Crippen molar-refractivity contribution in [2.24, 2.45) is 0 Å². The first-order valence-electron chi connectivity index (χ1n) is 12.0. The summed E-state index contributed by atoms with van der Waals surface area (Å²) in [5.41, 5.74) is 0.949. The van der Waals surface area contributed by atoms with E-state index in [2.05, 4.69) is 0 Å². The number of fused-ring (bicyclic) bond motifs is 6. The van der Waals surface area contributed by atoms with Crippen molar-refractivity contribution in [3.8, 4) is 23.5 Å². The van der Waals surface area contributed by atoms with Crippen molar-refractivity contribution in [3.63, 3.8) is 0 Å². The molecule has 0 spiro atoms. The average molecular weight is 495 g/mol. The fourth-order valence-corrected chi connectivity index (χ4v) is 5.62. The molecule has 2 heterocycles. The van der Waals surface area contributed by atoms with Crippen LogP contribution < -0.4 is 0 Å². The summed E-state index contributed by atoms with van der Waals surface area (Å²) >= 11 is 0. The Hall–Kier alpha value is -5.46. The summed E-state index contributed by atoms with van der Waals surface area (Å²) < 4.78 is 36.3. The summed E-state index contributed by atoms with van der Waals surface area (Å²) in [6, 6.07) is 33.3. The van der Waals surface area contributed by atoms with E-state index in [4.69, 9.17) is 0 Å². The smallest absolute Gasteiger partial charge is 0.168 e. The monoisotopic (exact) mass is 494 g/mol. The van der Waals surface area contributed by atoms with Gasteiger partial charge in [0.2, 0.25) is 0 Å². The zero-order valence-electron chi connectivity index (χ0n) is 19.8. The van der Waals surface area contributed by atoms with Crippen molar-refractivity contribution < 1.29 is 8.78 Å². The second-order valence-electron chi connectivity index (χ2n) is 9.04. The third-order valence-corrected chi connectivity index (χ3v) is 7.16. The summed E-state index contributed by atoms with van der Waals surface area (Å²) in [6.07, 6.45) is 0. The van der Waals surface area contributed by atoms with Gasteiger partial charge >= 0.3 is 0 Å². The van der Waals surface area contributed by atoms with Crippen molar-refractivity contribution >= 4 is 43.6 Å². The molecule has 0 saturated carbocycles. The third-order valence-electron chi connectivity index (χ3n) is 7.16. The van der Waals surface area contributed by atoms with E-state index in [1.165, 1.54) is 9.13 Å². The lowest BCUT2D eigenvalue weighted by molar-refractivity contribution is 0.583. The molecule has 0 aliphatic heterocycles.